The van der Waals surface area contributed by atoms with E-state index >= 15 is 0 Å². The van der Waals surface area contributed by atoms with Crippen molar-refractivity contribution in [1.82, 2.24) is 9.47 Å². The normalized spacial score (nSPS) is 17.8. The van der Waals surface area contributed by atoms with Crippen molar-refractivity contribution < 1.29 is 18.8 Å². The lowest BCUT2D eigenvalue weighted by atomic mass is 9.99. The highest BCUT2D eigenvalue weighted by Crippen LogP contribution is 2.19. The molecule has 23 heavy (non-hydrogen) atoms. The second-order valence-corrected chi connectivity index (χ2v) is 5.61. The third kappa shape index (κ3) is 2.79. The molecule has 6 heteroatoms. The molecule has 0 saturated carbocycles. The van der Waals surface area contributed by atoms with Crippen LogP contribution in [0.2, 0.25) is 0 Å². The topological polar surface area (TPSA) is 59.4 Å². The molecule has 0 aliphatic carbocycles. The van der Waals surface area contributed by atoms with Gasteiger partial charge < -0.3 is 9.47 Å². The lowest BCUT2D eigenvalue weighted by molar-refractivity contribution is -0.139. The van der Waals surface area contributed by atoms with Crippen LogP contribution in [0.1, 0.15) is 16.1 Å². The Morgan fingerprint density at radius 3 is 2.52 bits per heavy atom. The number of nitrogens with zero attached hydrogens (tertiary/aromatic N) is 2. The number of ketones is 2. The SMILES string of the molecule is CN1CC(C(=O)c2cccn2Cc2ccc(F)cc2)C(=O)C1=O. The number of carbonyl (C=O) groups is 3. The number of halogens is 1. The smallest absolute Gasteiger partial charge is 0.290 e. The van der Waals surface area contributed by atoms with Gasteiger partial charge in [0.2, 0.25) is 5.78 Å². The highest BCUT2D eigenvalue weighted by molar-refractivity contribution is 6.43. The first-order valence-corrected chi connectivity index (χ1v) is 7.20. The van der Waals surface area contributed by atoms with E-state index in [-0.39, 0.29) is 18.1 Å². The lowest BCUT2D eigenvalue weighted by Gasteiger charge is -2.11. The van der Waals surface area contributed by atoms with Gasteiger partial charge in [-0.05, 0) is 29.8 Å². The van der Waals surface area contributed by atoms with Gasteiger partial charge in [0.1, 0.15) is 11.7 Å². The molecule has 0 bridgehead atoms. The Bertz CT molecular complexity index is 779. The van der Waals surface area contributed by atoms with Gasteiger partial charge in [-0.3, -0.25) is 14.4 Å². The third-order valence-electron chi connectivity index (χ3n) is 4.00. The van der Waals surface area contributed by atoms with Gasteiger partial charge >= 0.3 is 0 Å². The summed E-state index contributed by atoms with van der Waals surface area (Å²) >= 11 is 0. The van der Waals surface area contributed by atoms with Crippen LogP contribution in [0.25, 0.3) is 0 Å². The molecule has 1 fully saturated rings. The number of aromatic nitrogens is 1. The highest BCUT2D eigenvalue weighted by Gasteiger charge is 2.42. The van der Waals surface area contributed by atoms with Crippen molar-refractivity contribution in [3.63, 3.8) is 0 Å². The zero-order valence-electron chi connectivity index (χ0n) is 12.5. The number of carbonyl (C=O) groups excluding carboxylic acids is 3. The quantitative estimate of drug-likeness (QED) is 0.488. The van der Waals surface area contributed by atoms with Crippen LogP contribution in [-0.4, -0.2) is 40.5 Å². The Hall–Kier alpha value is -2.76. The van der Waals surface area contributed by atoms with Crippen LogP contribution in [0.15, 0.2) is 42.6 Å². The van der Waals surface area contributed by atoms with E-state index in [4.69, 9.17) is 0 Å². The van der Waals surface area contributed by atoms with Gasteiger partial charge in [0.15, 0.2) is 5.78 Å². The second-order valence-electron chi connectivity index (χ2n) is 5.61. The van der Waals surface area contributed by atoms with Gasteiger partial charge in [-0.2, -0.15) is 0 Å². The number of benzene rings is 1. The molecule has 2 heterocycles. The monoisotopic (exact) mass is 314 g/mol. The summed E-state index contributed by atoms with van der Waals surface area (Å²) in [5.41, 5.74) is 1.21. The minimum absolute atomic E-state index is 0.109. The molecule has 3 rings (SSSR count). The molecule has 0 spiro atoms. The summed E-state index contributed by atoms with van der Waals surface area (Å²) in [6, 6.07) is 9.33. The van der Waals surface area contributed by atoms with E-state index in [0.717, 1.165) is 5.56 Å². The Morgan fingerprint density at radius 2 is 1.91 bits per heavy atom. The Kier molecular flexibility index (Phi) is 3.82. The highest BCUT2D eigenvalue weighted by atomic mass is 19.1. The van der Waals surface area contributed by atoms with Crippen LogP contribution in [0.5, 0.6) is 0 Å². The first kappa shape index (κ1) is 15.1. The van der Waals surface area contributed by atoms with Gasteiger partial charge in [-0.15, -0.1) is 0 Å². The predicted molar refractivity (Wildman–Crippen MR) is 80.4 cm³/mol. The average Bonchev–Trinajstić information content (AvgIpc) is 3.09. The molecule has 1 unspecified atom stereocenters. The fourth-order valence-electron chi connectivity index (χ4n) is 2.72. The largest absolute Gasteiger partial charge is 0.341 e. The van der Waals surface area contributed by atoms with Crippen molar-refractivity contribution in [3.05, 3.63) is 59.7 Å². The van der Waals surface area contributed by atoms with Crippen LogP contribution >= 0.6 is 0 Å². The molecule has 1 aliphatic rings. The summed E-state index contributed by atoms with van der Waals surface area (Å²) in [6.07, 6.45) is 1.72. The summed E-state index contributed by atoms with van der Waals surface area (Å²) in [5.74, 6) is -2.92. The maximum atomic E-state index is 13.0. The van der Waals surface area contributed by atoms with Crippen molar-refractivity contribution in [2.24, 2.45) is 5.92 Å². The first-order valence-electron chi connectivity index (χ1n) is 7.20. The summed E-state index contributed by atoms with van der Waals surface area (Å²) < 4.78 is 14.7. The molecule has 1 aliphatic heterocycles. The standard InChI is InChI=1S/C17H15FN2O3/c1-19-10-13(16(22)17(19)23)15(21)14-3-2-8-20(14)9-11-4-6-12(18)7-5-11/h2-8,13H,9-10H2,1H3. The average molecular weight is 314 g/mol. The molecule has 1 atom stereocenters. The molecule has 1 amide bonds. The molecule has 1 aromatic carbocycles. The molecule has 1 saturated heterocycles. The summed E-state index contributed by atoms with van der Waals surface area (Å²) in [7, 11) is 1.51. The first-order chi connectivity index (χ1) is 11.0. The van der Waals surface area contributed by atoms with E-state index < -0.39 is 17.6 Å². The van der Waals surface area contributed by atoms with Crippen molar-refractivity contribution in [2.75, 3.05) is 13.6 Å². The van der Waals surface area contributed by atoms with Crippen LogP contribution in [-0.2, 0) is 16.1 Å². The number of likely N-dealkylation sites (N-methyl/N-ethyl adjacent to an activating group) is 1. The summed E-state index contributed by atoms with van der Waals surface area (Å²) in [6.45, 7) is 0.497. The number of rotatable bonds is 4. The van der Waals surface area contributed by atoms with Crippen molar-refractivity contribution in [2.45, 2.75) is 6.54 Å². The van der Waals surface area contributed by atoms with E-state index in [1.54, 1.807) is 35.0 Å². The molecule has 0 radical (unpaired) electrons. The van der Waals surface area contributed by atoms with Gasteiger partial charge in [0, 0.05) is 26.3 Å². The Morgan fingerprint density at radius 1 is 1.22 bits per heavy atom. The van der Waals surface area contributed by atoms with E-state index in [2.05, 4.69) is 0 Å². The van der Waals surface area contributed by atoms with Crippen LogP contribution < -0.4 is 0 Å². The zero-order valence-corrected chi connectivity index (χ0v) is 12.5. The van der Waals surface area contributed by atoms with Crippen LogP contribution in [0.3, 0.4) is 0 Å². The number of Topliss-reactive ketones (excluding diaryl/α,β-unsaturated/α-hetero) is 2. The van der Waals surface area contributed by atoms with E-state index in [0.29, 0.717) is 12.2 Å². The molecule has 2 aromatic rings. The summed E-state index contributed by atoms with van der Waals surface area (Å²) in [4.78, 5) is 37.3. The second kappa shape index (κ2) is 5.79. The number of amides is 1. The Labute approximate surface area is 132 Å². The zero-order chi connectivity index (χ0) is 16.6. The number of likely N-dealkylation sites (tertiary alicyclic amines) is 1. The minimum Gasteiger partial charge on any atom is -0.341 e. The van der Waals surface area contributed by atoms with Gasteiger partial charge in [0.05, 0.1) is 5.69 Å². The maximum Gasteiger partial charge on any atom is 0.290 e. The van der Waals surface area contributed by atoms with Crippen molar-refractivity contribution in [1.29, 1.82) is 0 Å². The lowest BCUT2D eigenvalue weighted by Crippen LogP contribution is -2.26. The van der Waals surface area contributed by atoms with Crippen LogP contribution in [0.4, 0.5) is 4.39 Å². The fourth-order valence-corrected chi connectivity index (χ4v) is 2.72. The van der Waals surface area contributed by atoms with Crippen molar-refractivity contribution in [3.8, 4) is 0 Å². The van der Waals surface area contributed by atoms with Crippen LogP contribution in [0, 0.1) is 11.7 Å². The minimum atomic E-state index is -0.950. The van der Waals surface area contributed by atoms with Crippen molar-refractivity contribution >= 4 is 17.5 Å². The predicted octanol–water partition coefficient (Wildman–Crippen LogP) is 1.52. The Balaban J connectivity index is 1.83. The maximum absolute atomic E-state index is 13.0. The molecule has 5 nitrogen and oxygen atoms in total. The third-order valence-corrected chi connectivity index (χ3v) is 4.00. The van der Waals surface area contributed by atoms with Gasteiger partial charge in [0.25, 0.3) is 5.91 Å². The summed E-state index contributed by atoms with van der Waals surface area (Å²) in [5, 5.41) is 0. The number of hydrogen-bond donors (Lipinski definition) is 0. The van der Waals surface area contributed by atoms with E-state index in [1.165, 1.54) is 24.1 Å². The van der Waals surface area contributed by atoms with Gasteiger partial charge in [-0.25, -0.2) is 4.39 Å². The molecule has 118 valence electrons. The number of hydrogen-bond acceptors (Lipinski definition) is 3. The fraction of sp³-hybridized carbons (Fsp3) is 0.235. The molecular formula is C17H15FN2O3. The van der Waals surface area contributed by atoms with E-state index in [1.807, 2.05) is 0 Å². The van der Waals surface area contributed by atoms with E-state index in [9.17, 15) is 18.8 Å². The molecule has 0 N–H and O–H groups in total. The molecular weight excluding hydrogens is 299 g/mol. The van der Waals surface area contributed by atoms with Gasteiger partial charge in [-0.1, -0.05) is 12.1 Å². The molecule has 1 aromatic heterocycles.